The first kappa shape index (κ1) is 16.3. The Morgan fingerprint density at radius 1 is 1.56 bits per heavy atom. The van der Waals surface area contributed by atoms with Crippen molar-refractivity contribution in [2.75, 3.05) is 13.6 Å². The summed E-state index contributed by atoms with van der Waals surface area (Å²) < 4.78 is 26.4. The summed E-state index contributed by atoms with van der Waals surface area (Å²) in [6, 6.07) is 3.11. The van der Waals surface area contributed by atoms with E-state index >= 15 is 0 Å². The average Bonchev–Trinajstić information content (AvgIpc) is 2.63. The van der Waals surface area contributed by atoms with Crippen molar-refractivity contribution in [3.63, 3.8) is 0 Å². The first-order chi connectivity index (χ1) is 6.89. The van der Waals surface area contributed by atoms with Gasteiger partial charge in [-0.05, 0) is 35.0 Å². The molecule has 1 atom stereocenters. The SMILES string of the molecule is CC(CN)N(C)S(=O)(=O)c1ccc(Br)s1.Cl. The zero-order valence-corrected chi connectivity index (χ0v) is 12.9. The summed E-state index contributed by atoms with van der Waals surface area (Å²) in [4.78, 5) is 0. The van der Waals surface area contributed by atoms with Gasteiger partial charge in [-0.15, -0.1) is 23.7 Å². The maximum Gasteiger partial charge on any atom is 0.252 e. The van der Waals surface area contributed by atoms with E-state index in [0.29, 0.717) is 10.8 Å². The van der Waals surface area contributed by atoms with Crippen LogP contribution in [-0.4, -0.2) is 32.4 Å². The molecule has 4 nitrogen and oxygen atoms in total. The molecule has 0 radical (unpaired) electrons. The van der Waals surface area contributed by atoms with Gasteiger partial charge in [0.25, 0.3) is 10.0 Å². The van der Waals surface area contributed by atoms with Crippen LogP contribution in [-0.2, 0) is 10.0 Å². The van der Waals surface area contributed by atoms with Gasteiger partial charge in [0.2, 0.25) is 0 Å². The quantitative estimate of drug-likeness (QED) is 0.903. The highest BCUT2D eigenvalue weighted by Crippen LogP contribution is 2.28. The Morgan fingerprint density at radius 3 is 2.50 bits per heavy atom. The van der Waals surface area contributed by atoms with Crippen LogP contribution in [0.15, 0.2) is 20.1 Å². The molecule has 1 aromatic rings. The van der Waals surface area contributed by atoms with E-state index in [-0.39, 0.29) is 18.4 Å². The molecule has 0 saturated carbocycles. The third-order valence-corrected chi connectivity index (χ3v) is 6.21. The Morgan fingerprint density at radius 2 is 2.12 bits per heavy atom. The minimum Gasteiger partial charge on any atom is -0.329 e. The molecule has 0 amide bonds. The van der Waals surface area contributed by atoms with Crippen LogP contribution in [0.25, 0.3) is 0 Å². The molecular weight excluding hydrogens is 336 g/mol. The van der Waals surface area contributed by atoms with Gasteiger partial charge >= 0.3 is 0 Å². The molecule has 0 spiro atoms. The van der Waals surface area contributed by atoms with Crippen molar-refractivity contribution in [1.29, 1.82) is 0 Å². The standard InChI is InChI=1S/C8H13BrN2O2S2.ClH/c1-6(5-10)11(2)15(12,13)8-4-3-7(9)14-8;/h3-4,6H,5,10H2,1-2H3;1H. The monoisotopic (exact) mass is 348 g/mol. The van der Waals surface area contributed by atoms with E-state index in [9.17, 15) is 8.42 Å². The van der Waals surface area contributed by atoms with Gasteiger partial charge in [-0.2, -0.15) is 4.31 Å². The Hall–Kier alpha value is 0.340. The lowest BCUT2D eigenvalue weighted by Crippen LogP contribution is -2.39. The minimum atomic E-state index is -3.39. The molecule has 0 aromatic carbocycles. The van der Waals surface area contributed by atoms with E-state index in [1.54, 1.807) is 26.1 Å². The number of halogens is 2. The van der Waals surface area contributed by atoms with Gasteiger partial charge in [-0.1, -0.05) is 0 Å². The number of rotatable bonds is 4. The van der Waals surface area contributed by atoms with E-state index in [4.69, 9.17) is 5.73 Å². The van der Waals surface area contributed by atoms with Crippen molar-refractivity contribution in [1.82, 2.24) is 4.31 Å². The number of nitrogens with zero attached hydrogens (tertiary/aromatic N) is 1. The Labute approximate surface area is 114 Å². The number of hydrogen-bond acceptors (Lipinski definition) is 4. The van der Waals surface area contributed by atoms with Crippen LogP contribution < -0.4 is 5.73 Å². The summed E-state index contributed by atoms with van der Waals surface area (Å²) in [5, 5.41) is 0. The van der Waals surface area contributed by atoms with Crippen molar-refractivity contribution in [2.24, 2.45) is 5.73 Å². The summed E-state index contributed by atoms with van der Waals surface area (Å²) in [7, 11) is -1.85. The van der Waals surface area contributed by atoms with E-state index in [0.717, 1.165) is 3.79 Å². The van der Waals surface area contributed by atoms with Crippen LogP contribution in [0, 0.1) is 0 Å². The van der Waals surface area contributed by atoms with Gasteiger partial charge in [0.1, 0.15) is 4.21 Å². The fourth-order valence-electron chi connectivity index (χ4n) is 0.964. The van der Waals surface area contributed by atoms with Crippen LogP contribution in [0.4, 0.5) is 0 Å². The summed E-state index contributed by atoms with van der Waals surface area (Å²) in [5.41, 5.74) is 5.44. The lowest BCUT2D eigenvalue weighted by molar-refractivity contribution is 0.395. The fraction of sp³-hybridized carbons (Fsp3) is 0.500. The van der Waals surface area contributed by atoms with Crippen molar-refractivity contribution in [3.8, 4) is 0 Å². The number of sulfonamides is 1. The van der Waals surface area contributed by atoms with Crippen LogP contribution in [0.2, 0.25) is 0 Å². The fourth-order valence-corrected chi connectivity index (χ4v) is 4.53. The zero-order valence-electron chi connectivity index (χ0n) is 8.88. The number of hydrogen-bond donors (Lipinski definition) is 1. The topological polar surface area (TPSA) is 63.4 Å². The van der Waals surface area contributed by atoms with Gasteiger partial charge in [-0.25, -0.2) is 8.42 Å². The molecule has 8 heteroatoms. The second kappa shape index (κ2) is 6.32. The molecule has 94 valence electrons. The smallest absolute Gasteiger partial charge is 0.252 e. The van der Waals surface area contributed by atoms with Gasteiger partial charge < -0.3 is 5.73 Å². The van der Waals surface area contributed by atoms with Crippen LogP contribution in [0.3, 0.4) is 0 Å². The highest BCUT2D eigenvalue weighted by atomic mass is 79.9. The normalized spacial score (nSPS) is 13.6. The van der Waals surface area contributed by atoms with Crippen LogP contribution in [0.1, 0.15) is 6.92 Å². The Kier molecular flexibility index (Phi) is 6.45. The van der Waals surface area contributed by atoms with Crippen molar-refractivity contribution in [2.45, 2.75) is 17.2 Å². The maximum absolute atomic E-state index is 12.0. The summed E-state index contributed by atoms with van der Waals surface area (Å²) >= 11 is 4.44. The van der Waals surface area contributed by atoms with Gasteiger partial charge in [0, 0.05) is 19.6 Å². The first-order valence-electron chi connectivity index (χ1n) is 4.33. The van der Waals surface area contributed by atoms with E-state index in [2.05, 4.69) is 15.9 Å². The second-order valence-electron chi connectivity index (χ2n) is 3.16. The maximum atomic E-state index is 12.0. The highest BCUT2D eigenvalue weighted by Gasteiger charge is 2.25. The molecule has 0 fully saturated rings. The average molecular weight is 350 g/mol. The third-order valence-electron chi connectivity index (χ3n) is 2.14. The molecular formula is C8H14BrClN2O2S2. The molecule has 1 unspecified atom stereocenters. The van der Waals surface area contributed by atoms with Crippen molar-refractivity contribution >= 4 is 49.7 Å². The van der Waals surface area contributed by atoms with Gasteiger partial charge in [0.05, 0.1) is 3.79 Å². The van der Waals surface area contributed by atoms with E-state index in [1.165, 1.54) is 15.6 Å². The molecule has 1 heterocycles. The molecule has 0 aliphatic carbocycles. The van der Waals surface area contributed by atoms with Gasteiger partial charge in [-0.3, -0.25) is 0 Å². The largest absolute Gasteiger partial charge is 0.329 e. The van der Waals surface area contributed by atoms with E-state index in [1.807, 2.05) is 0 Å². The summed E-state index contributed by atoms with van der Waals surface area (Å²) in [6.07, 6.45) is 0. The molecule has 0 bridgehead atoms. The van der Waals surface area contributed by atoms with Crippen LogP contribution >= 0.6 is 39.7 Å². The second-order valence-corrected chi connectivity index (χ2v) is 7.85. The van der Waals surface area contributed by atoms with Crippen LogP contribution in [0.5, 0.6) is 0 Å². The molecule has 0 saturated heterocycles. The Balaban J connectivity index is 0.00000225. The number of nitrogens with two attached hydrogens (primary N) is 1. The molecule has 16 heavy (non-hydrogen) atoms. The molecule has 0 aliphatic rings. The molecule has 1 rings (SSSR count). The van der Waals surface area contributed by atoms with Gasteiger partial charge in [0.15, 0.2) is 0 Å². The lowest BCUT2D eigenvalue weighted by Gasteiger charge is -2.21. The Bertz CT molecular complexity index is 435. The summed E-state index contributed by atoms with van der Waals surface area (Å²) in [5.74, 6) is 0. The predicted octanol–water partition coefficient (Wildman–Crippen LogP) is 1.90. The highest BCUT2D eigenvalue weighted by molar-refractivity contribution is 9.11. The lowest BCUT2D eigenvalue weighted by atomic mass is 10.4. The third kappa shape index (κ3) is 3.41. The summed E-state index contributed by atoms with van der Waals surface area (Å²) in [6.45, 7) is 2.09. The van der Waals surface area contributed by atoms with E-state index < -0.39 is 10.0 Å². The molecule has 0 aliphatic heterocycles. The van der Waals surface area contributed by atoms with Crippen molar-refractivity contribution < 1.29 is 8.42 Å². The predicted molar refractivity (Wildman–Crippen MR) is 72.7 cm³/mol. The zero-order chi connectivity index (χ0) is 11.6. The first-order valence-corrected chi connectivity index (χ1v) is 7.38. The number of thiophene rings is 1. The molecule has 1 aromatic heterocycles. The number of likely N-dealkylation sites (N-methyl/N-ethyl adjacent to an activating group) is 1. The minimum absolute atomic E-state index is 0. The van der Waals surface area contributed by atoms with Crippen molar-refractivity contribution in [3.05, 3.63) is 15.9 Å². The molecule has 2 N–H and O–H groups in total.